The Kier molecular flexibility index (Phi) is 5.18. The molecule has 2 heterocycles. The number of fused-ring (bicyclic) bond motifs is 1. The molecule has 1 aromatic carbocycles. The minimum Gasteiger partial charge on any atom is -0.369 e. The maximum absolute atomic E-state index is 6.01. The fourth-order valence-corrected chi connectivity index (χ4v) is 2.72. The van der Waals surface area contributed by atoms with E-state index < -0.39 is 0 Å². The maximum Gasteiger partial charge on any atom is 0.0728 e. The largest absolute Gasteiger partial charge is 0.369 e. The van der Waals surface area contributed by atoms with Crippen LogP contribution in [0.15, 0.2) is 24.3 Å². The quantitative estimate of drug-likeness (QED) is 0.866. The van der Waals surface area contributed by atoms with E-state index in [1.165, 1.54) is 23.1 Å². The highest BCUT2D eigenvalue weighted by molar-refractivity contribution is 5.92. The first-order chi connectivity index (χ1) is 10.0. The molecular formula is C18H27N3. The third kappa shape index (κ3) is 3.73. The van der Waals surface area contributed by atoms with Crippen molar-refractivity contribution in [3.63, 3.8) is 0 Å². The van der Waals surface area contributed by atoms with E-state index in [0.717, 1.165) is 30.7 Å². The van der Waals surface area contributed by atoms with Crippen LogP contribution in [-0.2, 0) is 0 Å². The Labute approximate surface area is 128 Å². The second-order valence-corrected chi connectivity index (χ2v) is 6.01. The average Bonchev–Trinajstić information content (AvgIpc) is 2.84. The number of aromatic nitrogens is 1. The van der Waals surface area contributed by atoms with Gasteiger partial charge in [-0.2, -0.15) is 0 Å². The number of nitrogens with zero attached hydrogens (tertiary/aromatic N) is 2. The van der Waals surface area contributed by atoms with Crippen molar-refractivity contribution in [3.8, 4) is 0 Å². The van der Waals surface area contributed by atoms with E-state index in [1.54, 1.807) is 0 Å². The number of nitrogens with two attached hydrogens (primary N) is 1. The molecule has 2 aromatic rings. The highest BCUT2D eigenvalue weighted by Crippen LogP contribution is 2.29. The first-order valence-corrected chi connectivity index (χ1v) is 7.93. The summed E-state index contributed by atoms with van der Waals surface area (Å²) < 4.78 is 0. The van der Waals surface area contributed by atoms with Crippen molar-refractivity contribution < 1.29 is 0 Å². The molecule has 1 aromatic heterocycles. The van der Waals surface area contributed by atoms with Crippen LogP contribution in [0.5, 0.6) is 0 Å². The smallest absolute Gasteiger partial charge is 0.0728 e. The van der Waals surface area contributed by atoms with E-state index in [0.29, 0.717) is 6.04 Å². The molecular weight excluding hydrogens is 258 g/mol. The number of hydrogen-bond donors (Lipinski definition) is 1. The molecule has 1 aliphatic rings. The highest BCUT2D eigenvalue weighted by atomic mass is 15.2. The molecule has 2 N–H and O–H groups in total. The molecule has 1 aliphatic heterocycles. The topological polar surface area (TPSA) is 42.1 Å². The number of aryl methyl sites for hydroxylation is 2. The lowest BCUT2D eigenvalue weighted by molar-refractivity contribution is 0.752. The van der Waals surface area contributed by atoms with Crippen LogP contribution >= 0.6 is 0 Å². The zero-order valence-electron chi connectivity index (χ0n) is 13.7. The summed E-state index contributed by atoms with van der Waals surface area (Å²) in [5.74, 6) is 0. The van der Waals surface area contributed by atoms with E-state index in [4.69, 9.17) is 5.73 Å². The molecule has 0 spiro atoms. The minimum atomic E-state index is 0.305. The van der Waals surface area contributed by atoms with Crippen LogP contribution in [0.4, 0.5) is 5.69 Å². The molecule has 0 radical (unpaired) electrons. The molecule has 1 saturated heterocycles. The van der Waals surface area contributed by atoms with Crippen LogP contribution < -0.4 is 10.6 Å². The van der Waals surface area contributed by atoms with E-state index in [2.05, 4.69) is 61.8 Å². The minimum absolute atomic E-state index is 0.305. The predicted molar refractivity (Wildman–Crippen MR) is 92.0 cm³/mol. The van der Waals surface area contributed by atoms with Crippen molar-refractivity contribution in [1.82, 2.24) is 4.98 Å². The summed E-state index contributed by atoms with van der Waals surface area (Å²) in [4.78, 5) is 7.02. The lowest BCUT2D eigenvalue weighted by atomic mass is 10.1. The van der Waals surface area contributed by atoms with E-state index in [-0.39, 0.29) is 0 Å². The molecule has 114 valence electrons. The lowest BCUT2D eigenvalue weighted by Crippen LogP contribution is -2.26. The monoisotopic (exact) mass is 285 g/mol. The molecule has 3 rings (SSSR count). The third-order valence-corrected chi connectivity index (χ3v) is 3.64. The number of anilines is 1. The second-order valence-electron chi connectivity index (χ2n) is 6.01. The molecule has 0 aliphatic carbocycles. The molecule has 3 heteroatoms. The number of hydrogen-bond acceptors (Lipinski definition) is 3. The van der Waals surface area contributed by atoms with Crippen molar-refractivity contribution in [2.45, 2.75) is 46.6 Å². The molecule has 21 heavy (non-hydrogen) atoms. The van der Waals surface area contributed by atoms with Gasteiger partial charge in [-0.15, -0.1) is 0 Å². The summed E-state index contributed by atoms with van der Waals surface area (Å²) >= 11 is 0. The van der Waals surface area contributed by atoms with Crippen molar-refractivity contribution >= 4 is 16.6 Å². The van der Waals surface area contributed by atoms with Gasteiger partial charge >= 0.3 is 0 Å². The third-order valence-electron chi connectivity index (χ3n) is 3.64. The summed E-state index contributed by atoms with van der Waals surface area (Å²) in [6.07, 6.45) is 2.33. The average molecular weight is 285 g/mol. The highest BCUT2D eigenvalue weighted by Gasteiger charge is 2.21. The Hall–Kier alpha value is -1.61. The molecule has 3 nitrogen and oxygen atoms in total. The van der Waals surface area contributed by atoms with Gasteiger partial charge in [-0.1, -0.05) is 32.4 Å². The number of rotatable bonds is 1. The van der Waals surface area contributed by atoms with Gasteiger partial charge in [0, 0.05) is 35.9 Å². The maximum atomic E-state index is 6.01. The van der Waals surface area contributed by atoms with Crippen LogP contribution in [-0.4, -0.2) is 24.1 Å². The van der Waals surface area contributed by atoms with Gasteiger partial charge in [0.2, 0.25) is 0 Å². The Bertz CT molecular complexity index is 601. The molecule has 1 atom stereocenters. The summed E-state index contributed by atoms with van der Waals surface area (Å²) in [6, 6.07) is 8.96. The fraction of sp³-hybridized carbons (Fsp3) is 0.500. The Morgan fingerprint density at radius 3 is 2.57 bits per heavy atom. The normalized spacial score (nSPS) is 17.8. The Morgan fingerprint density at radius 2 is 1.95 bits per heavy atom. The first kappa shape index (κ1) is 15.8. The molecule has 0 amide bonds. The van der Waals surface area contributed by atoms with Gasteiger partial charge in [0.25, 0.3) is 0 Å². The number of benzene rings is 1. The van der Waals surface area contributed by atoms with Gasteiger partial charge in [-0.05, 0) is 38.0 Å². The van der Waals surface area contributed by atoms with Gasteiger partial charge in [0.1, 0.15) is 0 Å². The zero-order chi connectivity index (χ0) is 15.4. The molecule has 1 fully saturated rings. The van der Waals surface area contributed by atoms with E-state index >= 15 is 0 Å². The first-order valence-electron chi connectivity index (χ1n) is 7.93. The summed E-state index contributed by atoms with van der Waals surface area (Å²) in [7, 11) is 0. The van der Waals surface area contributed by atoms with Crippen molar-refractivity contribution in [2.24, 2.45) is 5.73 Å². The van der Waals surface area contributed by atoms with Gasteiger partial charge in [-0.25, -0.2) is 0 Å². The van der Waals surface area contributed by atoms with Crippen LogP contribution in [0.25, 0.3) is 10.9 Å². The summed E-state index contributed by atoms with van der Waals surface area (Å²) in [5, 5.41) is 1.24. The predicted octanol–water partition coefficient (Wildman–Crippen LogP) is 3.81. The van der Waals surface area contributed by atoms with E-state index in [9.17, 15) is 0 Å². The van der Waals surface area contributed by atoms with Gasteiger partial charge in [-0.3, -0.25) is 4.98 Å². The SMILES string of the molecule is CCC.Cc1ccc2c(N3CCC(N)C3)cc(C)nc2c1. The zero-order valence-corrected chi connectivity index (χ0v) is 13.7. The molecule has 0 saturated carbocycles. The standard InChI is InChI=1S/C15H19N3.C3H8/c1-10-3-4-13-14(7-10)17-11(2)8-15(13)18-6-5-12(16)9-18;1-3-2/h3-4,7-8,12H,5-6,9,16H2,1-2H3;3H2,1-2H3. The molecule has 1 unspecified atom stereocenters. The van der Waals surface area contributed by atoms with Crippen molar-refractivity contribution in [2.75, 3.05) is 18.0 Å². The summed E-state index contributed by atoms with van der Waals surface area (Å²) in [5.41, 5.74) is 10.7. The number of pyridine rings is 1. The van der Waals surface area contributed by atoms with Gasteiger partial charge in [0.05, 0.1) is 5.52 Å². The van der Waals surface area contributed by atoms with Crippen LogP contribution in [0.2, 0.25) is 0 Å². The van der Waals surface area contributed by atoms with Crippen molar-refractivity contribution in [1.29, 1.82) is 0 Å². The van der Waals surface area contributed by atoms with Gasteiger partial charge < -0.3 is 10.6 Å². The van der Waals surface area contributed by atoms with Crippen LogP contribution in [0.3, 0.4) is 0 Å². The Morgan fingerprint density at radius 1 is 1.24 bits per heavy atom. The van der Waals surface area contributed by atoms with Crippen LogP contribution in [0, 0.1) is 13.8 Å². The Balaban J connectivity index is 0.000000497. The lowest BCUT2D eigenvalue weighted by Gasteiger charge is -2.20. The fourth-order valence-electron chi connectivity index (χ4n) is 2.72. The van der Waals surface area contributed by atoms with Crippen molar-refractivity contribution in [3.05, 3.63) is 35.5 Å². The van der Waals surface area contributed by atoms with E-state index in [1.807, 2.05) is 0 Å². The molecule has 0 bridgehead atoms. The second kappa shape index (κ2) is 6.90. The van der Waals surface area contributed by atoms with Crippen LogP contribution in [0.1, 0.15) is 37.9 Å². The van der Waals surface area contributed by atoms with Gasteiger partial charge in [0.15, 0.2) is 0 Å². The summed E-state index contributed by atoms with van der Waals surface area (Å²) in [6.45, 7) is 10.4.